The molecule has 0 spiro atoms. The summed E-state index contributed by atoms with van der Waals surface area (Å²) in [5.74, 6) is 3.48. The molecule has 1 amide bonds. The first kappa shape index (κ1) is 17.7. The molecule has 1 aromatic heterocycles. The number of guanidine groups is 1. The van der Waals surface area contributed by atoms with Crippen molar-refractivity contribution in [2.75, 3.05) is 31.6 Å². The first-order chi connectivity index (χ1) is 11.2. The molecule has 0 aromatic carbocycles. The lowest BCUT2D eigenvalue weighted by molar-refractivity contribution is 0.0925. The minimum absolute atomic E-state index is 0.158. The van der Waals surface area contributed by atoms with Gasteiger partial charge >= 0.3 is 0 Å². The maximum absolute atomic E-state index is 11.9. The molecule has 6 nitrogen and oxygen atoms in total. The fourth-order valence-corrected chi connectivity index (χ4v) is 3.50. The number of aryl methyl sites for hydroxylation is 1. The molecule has 1 aromatic rings. The van der Waals surface area contributed by atoms with Crippen LogP contribution in [0.15, 0.2) is 21.7 Å². The van der Waals surface area contributed by atoms with E-state index in [-0.39, 0.29) is 5.91 Å². The van der Waals surface area contributed by atoms with Crippen LogP contribution in [-0.2, 0) is 0 Å². The van der Waals surface area contributed by atoms with E-state index >= 15 is 0 Å². The Morgan fingerprint density at radius 3 is 2.91 bits per heavy atom. The van der Waals surface area contributed by atoms with Crippen molar-refractivity contribution in [3.8, 4) is 0 Å². The van der Waals surface area contributed by atoms with Crippen LogP contribution in [0.2, 0.25) is 0 Å². The van der Waals surface area contributed by atoms with Gasteiger partial charge in [0.1, 0.15) is 0 Å². The topological polar surface area (TPSA) is 78.7 Å². The van der Waals surface area contributed by atoms with Gasteiger partial charge in [0.25, 0.3) is 5.91 Å². The molecule has 0 bridgehead atoms. The quantitative estimate of drug-likeness (QED) is 0.418. The van der Waals surface area contributed by atoms with Crippen molar-refractivity contribution in [1.82, 2.24) is 16.0 Å². The highest BCUT2D eigenvalue weighted by Crippen LogP contribution is 2.16. The van der Waals surface area contributed by atoms with E-state index in [1.807, 2.05) is 18.7 Å². The fraction of sp³-hybridized carbons (Fsp3) is 0.625. The molecule has 1 saturated heterocycles. The van der Waals surface area contributed by atoms with Crippen LogP contribution in [-0.4, -0.2) is 49.6 Å². The van der Waals surface area contributed by atoms with Gasteiger partial charge in [-0.15, -0.1) is 0 Å². The minimum Gasteiger partial charge on any atom is -0.459 e. The standard InChI is InChI=1S/C16H26N4O2S/c1-12-6-9-22-14(12)15(21)18-7-4-8-19-16(17-2)20-13-5-3-10-23-11-13/h6,9,13H,3-5,7-8,10-11H2,1-2H3,(H,18,21)(H2,17,19,20). The van der Waals surface area contributed by atoms with Gasteiger partial charge in [-0.1, -0.05) is 0 Å². The van der Waals surface area contributed by atoms with Crippen molar-refractivity contribution < 1.29 is 9.21 Å². The number of aliphatic imine (C=N–C) groups is 1. The van der Waals surface area contributed by atoms with Crippen LogP contribution in [0.1, 0.15) is 35.4 Å². The number of nitrogens with one attached hydrogen (secondary N) is 3. The minimum atomic E-state index is -0.158. The van der Waals surface area contributed by atoms with Crippen molar-refractivity contribution >= 4 is 23.6 Å². The molecule has 128 valence electrons. The van der Waals surface area contributed by atoms with Gasteiger partial charge in [-0.05, 0) is 38.0 Å². The first-order valence-corrected chi connectivity index (χ1v) is 9.23. The number of hydrogen-bond donors (Lipinski definition) is 3. The Bertz CT molecular complexity index is 524. The van der Waals surface area contributed by atoms with Crippen molar-refractivity contribution in [2.24, 2.45) is 4.99 Å². The molecule has 1 atom stereocenters. The number of nitrogens with zero attached hydrogens (tertiary/aromatic N) is 1. The van der Waals surface area contributed by atoms with Crippen molar-refractivity contribution in [2.45, 2.75) is 32.2 Å². The molecule has 0 aliphatic carbocycles. The first-order valence-electron chi connectivity index (χ1n) is 8.08. The van der Waals surface area contributed by atoms with Crippen LogP contribution in [0, 0.1) is 6.92 Å². The smallest absolute Gasteiger partial charge is 0.287 e. The normalized spacial score (nSPS) is 18.5. The molecule has 1 unspecified atom stereocenters. The number of hydrogen-bond acceptors (Lipinski definition) is 4. The Morgan fingerprint density at radius 2 is 2.26 bits per heavy atom. The highest BCUT2D eigenvalue weighted by atomic mass is 32.2. The number of carbonyl (C=O) groups excluding carboxylic acids is 1. The third-order valence-corrected chi connectivity index (χ3v) is 4.94. The zero-order valence-corrected chi connectivity index (χ0v) is 14.7. The SMILES string of the molecule is CN=C(NCCCNC(=O)c1occc1C)NC1CCCSC1. The molecular formula is C16H26N4O2S. The molecular weight excluding hydrogens is 312 g/mol. The highest BCUT2D eigenvalue weighted by Gasteiger charge is 2.14. The van der Waals surface area contributed by atoms with Crippen LogP contribution in [0.4, 0.5) is 0 Å². The van der Waals surface area contributed by atoms with Gasteiger partial charge in [0.05, 0.1) is 6.26 Å². The van der Waals surface area contributed by atoms with Gasteiger partial charge in [0.15, 0.2) is 11.7 Å². The molecule has 1 fully saturated rings. The van der Waals surface area contributed by atoms with E-state index in [1.165, 1.54) is 24.9 Å². The van der Waals surface area contributed by atoms with E-state index in [1.54, 1.807) is 13.1 Å². The van der Waals surface area contributed by atoms with E-state index in [0.717, 1.165) is 30.2 Å². The van der Waals surface area contributed by atoms with Gasteiger partial charge in [0.2, 0.25) is 0 Å². The summed E-state index contributed by atoms with van der Waals surface area (Å²) in [5.41, 5.74) is 0.857. The molecule has 23 heavy (non-hydrogen) atoms. The lowest BCUT2D eigenvalue weighted by Gasteiger charge is -2.24. The molecule has 0 saturated carbocycles. The zero-order valence-electron chi connectivity index (χ0n) is 13.9. The Balaban J connectivity index is 1.60. The van der Waals surface area contributed by atoms with E-state index < -0.39 is 0 Å². The van der Waals surface area contributed by atoms with Crippen LogP contribution in [0.3, 0.4) is 0 Å². The van der Waals surface area contributed by atoms with Crippen molar-refractivity contribution in [1.29, 1.82) is 0 Å². The maximum atomic E-state index is 11.9. The van der Waals surface area contributed by atoms with Crippen molar-refractivity contribution in [3.05, 3.63) is 23.7 Å². The molecule has 2 rings (SSSR count). The molecule has 2 heterocycles. The molecule has 1 aliphatic rings. The van der Waals surface area contributed by atoms with Crippen molar-refractivity contribution in [3.63, 3.8) is 0 Å². The Hall–Kier alpha value is -1.63. The summed E-state index contributed by atoms with van der Waals surface area (Å²) in [7, 11) is 1.78. The maximum Gasteiger partial charge on any atom is 0.287 e. The summed E-state index contributed by atoms with van der Waals surface area (Å²) in [6.07, 6.45) is 4.82. The highest BCUT2D eigenvalue weighted by molar-refractivity contribution is 7.99. The predicted molar refractivity (Wildman–Crippen MR) is 95.2 cm³/mol. The molecule has 0 radical (unpaired) electrons. The fourth-order valence-electron chi connectivity index (χ4n) is 2.43. The predicted octanol–water partition coefficient (Wildman–Crippen LogP) is 1.77. The van der Waals surface area contributed by atoms with Gasteiger partial charge in [-0.2, -0.15) is 11.8 Å². The summed E-state index contributed by atoms with van der Waals surface area (Å²) in [4.78, 5) is 16.1. The largest absolute Gasteiger partial charge is 0.459 e. The lowest BCUT2D eigenvalue weighted by Crippen LogP contribution is -2.46. The van der Waals surface area contributed by atoms with Gasteiger partial charge in [0, 0.05) is 37.5 Å². The summed E-state index contributed by atoms with van der Waals surface area (Å²) >= 11 is 1.99. The number of furan rings is 1. The summed E-state index contributed by atoms with van der Waals surface area (Å²) < 4.78 is 5.16. The van der Waals surface area contributed by atoms with E-state index in [4.69, 9.17) is 4.42 Å². The monoisotopic (exact) mass is 338 g/mol. The van der Waals surface area contributed by atoms with Crippen LogP contribution in [0.5, 0.6) is 0 Å². The average Bonchev–Trinajstić information content (AvgIpc) is 3.00. The third-order valence-electron chi connectivity index (χ3n) is 3.72. The summed E-state index contributed by atoms with van der Waals surface area (Å²) in [5, 5.41) is 9.61. The van der Waals surface area contributed by atoms with E-state index in [2.05, 4.69) is 20.9 Å². The molecule has 3 N–H and O–H groups in total. The number of amides is 1. The number of thioether (sulfide) groups is 1. The van der Waals surface area contributed by atoms with Crippen LogP contribution in [0.25, 0.3) is 0 Å². The van der Waals surface area contributed by atoms with Gasteiger partial charge in [-0.25, -0.2) is 0 Å². The molecule has 1 aliphatic heterocycles. The second-order valence-electron chi connectivity index (χ2n) is 5.60. The lowest BCUT2D eigenvalue weighted by atomic mass is 10.2. The summed E-state index contributed by atoms with van der Waals surface area (Å²) in [6.45, 7) is 3.22. The number of carbonyl (C=O) groups is 1. The molecule has 7 heteroatoms. The second-order valence-corrected chi connectivity index (χ2v) is 6.75. The zero-order chi connectivity index (χ0) is 16.5. The Morgan fingerprint density at radius 1 is 1.43 bits per heavy atom. The third kappa shape index (κ3) is 5.82. The average molecular weight is 338 g/mol. The Kier molecular flexibility index (Phi) is 7.32. The Labute approximate surface area is 141 Å². The summed E-state index contributed by atoms with van der Waals surface area (Å²) in [6, 6.07) is 2.29. The van der Waals surface area contributed by atoms with E-state index in [9.17, 15) is 4.79 Å². The second kappa shape index (κ2) is 9.50. The number of rotatable bonds is 6. The van der Waals surface area contributed by atoms with Gasteiger partial charge in [-0.3, -0.25) is 9.79 Å². The van der Waals surface area contributed by atoms with Crippen LogP contribution >= 0.6 is 11.8 Å². The van der Waals surface area contributed by atoms with Gasteiger partial charge < -0.3 is 20.4 Å². The van der Waals surface area contributed by atoms with E-state index in [0.29, 0.717) is 18.3 Å². The van der Waals surface area contributed by atoms with Crippen LogP contribution < -0.4 is 16.0 Å².